The summed E-state index contributed by atoms with van der Waals surface area (Å²) in [6.45, 7) is 7.98. The summed E-state index contributed by atoms with van der Waals surface area (Å²) in [6, 6.07) is 1.79. The summed E-state index contributed by atoms with van der Waals surface area (Å²) < 4.78 is 13.2. The third kappa shape index (κ3) is 2.64. The van der Waals surface area contributed by atoms with E-state index >= 15 is 0 Å². The molecule has 1 fully saturated rings. The summed E-state index contributed by atoms with van der Waals surface area (Å²) in [5.74, 6) is 2.14. The quantitative estimate of drug-likeness (QED) is 0.863. The number of amides is 1. The number of rotatable bonds is 3. The molecule has 2 aromatic rings. The predicted octanol–water partition coefficient (Wildman–Crippen LogP) is 1.72. The first-order chi connectivity index (χ1) is 10.6. The SMILES string of the molecule is CCn1cnnc1[C@@H]1CN(C(=O)c2cc(C)oc2C)CCO1. The normalized spacial score (nSPS) is 18.7. The molecular weight excluding hydrogens is 284 g/mol. The van der Waals surface area contributed by atoms with Gasteiger partial charge in [-0.3, -0.25) is 4.79 Å². The molecule has 1 amide bonds. The molecule has 22 heavy (non-hydrogen) atoms. The second kappa shape index (κ2) is 5.92. The van der Waals surface area contributed by atoms with Crippen LogP contribution in [0.3, 0.4) is 0 Å². The molecule has 0 spiro atoms. The first-order valence-electron chi connectivity index (χ1n) is 7.45. The van der Waals surface area contributed by atoms with Gasteiger partial charge in [0.25, 0.3) is 5.91 Å². The van der Waals surface area contributed by atoms with E-state index in [2.05, 4.69) is 10.2 Å². The lowest BCUT2D eigenvalue weighted by Gasteiger charge is -2.32. The molecule has 0 aliphatic carbocycles. The number of furan rings is 1. The number of nitrogens with zero attached hydrogens (tertiary/aromatic N) is 4. The van der Waals surface area contributed by atoms with E-state index in [0.29, 0.717) is 31.0 Å². The van der Waals surface area contributed by atoms with Crippen LogP contribution < -0.4 is 0 Å². The smallest absolute Gasteiger partial charge is 0.257 e. The van der Waals surface area contributed by atoms with Gasteiger partial charge in [-0.15, -0.1) is 10.2 Å². The van der Waals surface area contributed by atoms with Gasteiger partial charge in [0.15, 0.2) is 5.82 Å². The van der Waals surface area contributed by atoms with Crippen LogP contribution in [0.5, 0.6) is 0 Å². The van der Waals surface area contributed by atoms with Crippen molar-refractivity contribution in [3.63, 3.8) is 0 Å². The first kappa shape index (κ1) is 14.8. The predicted molar refractivity (Wildman–Crippen MR) is 78.5 cm³/mol. The Morgan fingerprint density at radius 2 is 2.27 bits per heavy atom. The van der Waals surface area contributed by atoms with Gasteiger partial charge in [-0.25, -0.2) is 0 Å². The third-order valence-corrected chi connectivity index (χ3v) is 3.90. The zero-order chi connectivity index (χ0) is 15.7. The van der Waals surface area contributed by atoms with Gasteiger partial charge in [-0.2, -0.15) is 0 Å². The molecule has 0 N–H and O–H groups in total. The standard InChI is InChI=1S/C15H20N4O3/c1-4-18-9-16-17-14(18)13-8-19(5-6-21-13)15(20)12-7-10(2)22-11(12)3/h7,9,13H,4-6,8H2,1-3H3/t13-/m0/s1. The molecule has 1 atom stereocenters. The van der Waals surface area contributed by atoms with Crippen LogP contribution in [0.25, 0.3) is 0 Å². The van der Waals surface area contributed by atoms with E-state index in [0.717, 1.165) is 18.1 Å². The Kier molecular flexibility index (Phi) is 3.98. The lowest BCUT2D eigenvalue weighted by molar-refractivity contribution is -0.0284. The molecule has 0 aromatic carbocycles. The lowest BCUT2D eigenvalue weighted by Crippen LogP contribution is -2.43. The van der Waals surface area contributed by atoms with Crippen molar-refractivity contribution < 1.29 is 13.9 Å². The van der Waals surface area contributed by atoms with E-state index < -0.39 is 0 Å². The van der Waals surface area contributed by atoms with E-state index in [9.17, 15) is 4.79 Å². The highest BCUT2D eigenvalue weighted by molar-refractivity contribution is 5.95. The van der Waals surface area contributed by atoms with Crippen LogP contribution in [0.4, 0.5) is 0 Å². The molecule has 2 aromatic heterocycles. The third-order valence-electron chi connectivity index (χ3n) is 3.90. The maximum atomic E-state index is 12.7. The average molecular weight is 304 g/mol. The summed E-state index contributed by atoms with van der Waals surface area (Å²) in [6.07, 6.45) is 1.44. The number of aromatic nitrogens is 3. The highest BCUT2D eigenvalue weighted by atomic mass is 16.5. The maximum Gasteiger partial charge on any atom is 0.257 e. The number of carbonyl (C=O) groups is 1. The van der Waals surface area contributed by atoms with Crippen molar-refractivity contribution in [1.29, 1.82) is 0 Å². The summed E-state index contributed by atoms with van der Waals surface area (Å²) in [5.41, 5.74) is 0.620. The number of hydrogen-bond donors (Lipinski definition) is 0. The summed E-state index contributed by atoms with van der Waals surface area (Å²) in [4.78, 5) is 14.5. The van der Waals surface area contributed by atoms with Crippen LogP contribution in [0, 0.1) is 13.8 Å². The molecule has 0 radical (unpaired) electrons. The number of carbonyl (C=O) groups excluding carboxylic acids is 1. The molecule has 3 rings (SSSR count). The van der Waals surface area contributed by atoms with Crippen LogP contribution in [-0.2, 0) is 11.3 Å². The van der Waals surface area contributed by atoms with Crippen molar-refractivity contribution in [3.8, 4) is 0 Å². The maximum absolute atomic E-state index is 12.7. The second-order valence-corrected chi connectivity index (χ2v) is 5.41. The van der Waals surface area contributed by atoms with E-state index in [1.165, 1.54) is 0 Å². The van der Waals surface area contributed by atoms with E-state index in [1.54, 1.807) is 17.3 Å². The molecule has 1 aliphatic heterocycles. The Hall–Kier alpha value is -2.15. The molecular formula is C15H20N4O3. The Morgan fingerprint density at radius 1 is 1.45 bits per heavy atom. The van der Waals surface area contributed by atoms with Crippen LogP contribution in [0.1, 0.15) is 40.7 Å². The van der Waals surface area contributed by atoms with Crippen LogP contribution in [0.15, 0.2) is 16.8 Å². The highest BCUT2D eigenvalue weighted by Gasteiger charge is 2.30. The monoisotopic (exact) mass is 304 g/mol. The second-order valence-electron chi connectivity index (χ2n) is 5.41. The number of morpholine rings is 1. The van der Waals surface area contributed by atoms with Crippen LogP contribution in [0.2, 0.25) is 0 Å². The minimum atomic E-state index is -0.242. The zero-order valence-corrected chi connectivity index (χ0v) is 13.1. The summed E-state index contributed by atoms with van der Waals surface area (Å²) in [7, 11) is 0. The van der Waals surface area contributed by atoms with Crippen molar-refractivity contribution in [3.05, 3.63) is 35.3 Å². The Morgan fingerprint density at radius 3 is 2.95 bits per heavy atom. The minimum Gasteiger partial charge on any atom is -0.466 e. The van der Waals surface area contributed by atoms with Crippen molar-refractivity contribution >= 4 is 5.91 Å². The number of aryl methyl sites for hydroxylation is 3. The van der Waals surface area contributed by atoms with E-state index in [1.807, 2.05) is 25.3 Å². The molecule has 118 valence electrons. The van der Waals surface area contributed by atoms with Gasteiger partial charge in [0.2, 0.25) is 0 Å². The largest absolute Gasteiger partial charge is 0.466 e. The average Bonchev–Trinajstić information content (AvgIpc) is 3.12. The fourth-order valence-corrected chi connectivity index (χ4v) is 2.76. The van der Waals surface area contributed by atoms with Crippen LogP contribution in [-0.4, -0.2) is 45.3 Å². The van der Waals surface area contributed by atoms with Gasteiger partial charge in [-0.05, 0) is 26.8 Å². The zero-order valence-electron chi connectivity index (χ0n) is 13.1. The molecule has 0 unspecified atom stereocenters. The van der Waals surface area contributed by atoms with E-state index in [4.69, 9.17) is 9.15 Å². The summed E-state index contributed by atoms with van der Waals surface area (Å²) in [5, 5.41) is 8.06. The number of ether oxygens (including phenoxy) is 1. The fraction of sp³-hybridized carbons (Fsp3) is 0.533. The van der Waals surface area contributed by atoms with Gasteiger partial charge in [0, 0.05) is 13.1 Å². The van der Waals surface area contributed by atoms with Crippen molar-refractivity contribution in [2.24, 2.45) is 0 Å². The van der Waals surface area contributed by atoms with Gasteiger partial charge >= 0.3 is 0 Å². The molecule has 7 nitrogen and oxygen atoms in total. The minimum absolute atomic E-state index is 0.0230. The molecule has 7 heteroatoms. The topological polar surface area (TPSA) is 73.4 Å². The van der Waals surface area contributed by atoms with Gasteiger partial charge in [-0.1, -0.05) is 0 Å². The Labute approximate surface area is 128 Å². The van der Waals surface area contributed by atoms with Crippen molar-refractivity contribution in [2.75, 3.05) is 19.7 Å². The van der Waals surface area contributed by atoms with Gasteiger partial charge in [0.05, 0.1) is 18.7 Å². The van der Waals surface area contributed by atoms with Gasteiger partial charge < -0.3 is 18.6 Å². The molecule has 1 aliphatic rings. The number of hydrogen-bond acceptors (Lipinski definition) is 5. The van der Waals surface area contributed by atoms with Crippen LogP contribution >= 0.6 is 0 Å². The van der Waals surface area contributed by atoms with Crippen molar-refractivity contribution in [2.45, 2.75) is 33.4 Å². The molecule has 1 saturated heterocycles. The lowest BCUT2D eigenvalue weighted by atomic mass is 10.2. The Bertz CT molecular complexity index is 676. The molecule has 0 saturated carbocycles. The Balaban J connectivity index is 1.78. The summed E-state index contributed by atoms with van der Waals surface area (Å²) >= 11 is 0. The van der Waals surface area contributed by atoms with Crippen molar-refractivity contribution in [1.82, 2.24) is 19.7 Å². The van der Waals surface area contributed by atoms with Gasteiger partial charge in [0.1, 0.15) is 24.0 Å². The van der Waals surface area contributed by atoms with E-state index in [-0.39, 0.29) is 12.0 Å². The molecule has 0 bridgehead atoms. The highest BCUT2D eigenvalue weighted by Crippen LogP contribution is 2.23. The fourth-order valence-electron chi connectivity index (χ4n) is 2.76. The molecule has 3 heterocycles. The first-order valence-corrected chi connectivity index (χ1v) is 7.45.